The number of hydrogen-bond donors (Lipinski definition) is 0. The Morgan fingerprint density at radius 3 is 1.82 bits per heavy atom. The van der Waals surface area contributed by atoms with Gasteiger partial charge in [0.25, 0.3) is 0 Å². The van der Waals surface area contributed by atoms with Crippen LogP contribution in [0.25, 0.3) is 0 Å². The molecule has 0 amide bonds. The van der Waals surface area contributed by atoms with Gasteiger partial charge in [0.2, 0.25) is 0 Å². The molecule has 132 valence electrons. The van der Waals surface area contributed by atoms with Crippen LogP contribution in [0.15, 0.2) is 0 Å². The van der Waals surface area contributed by atoms with Gasteiger partial charge in [0.1, 0.15) is 0 Å². The Hall–Kier alpha value is 0.500. The quantitative estimate of drug-likeness (QED) is 0.346. The molecule has 0 N–H and O–H groups in total. The molecule has 1 fully saturated rings. The molecule has 1 saturated carbocycles. The van der Waals surface area contributed by atoms with Gasteiger partial charge in [-0.25, -0.2) is 0 Å². The van der Waals surface area contributed by atoms with Gasteiger partial charge in [0.05, 0.1) is 4.08 Å². The summed E-state index contributed by atoms with van der Waals surface area (Å²) < 4.78 is 12.8. The van der Waals surface area contributed by atoms with Crippen molar-refractivity contribution < 1.29 is 4.21 Å². The highest BCUT2D eigenvalue weighted by Gasteiger charge is 2.36. The van der Waals surface area contributed by atoms with Crippen LogP contribution >= 0.6 is 11.8 Å². The van der Waals surface area contributed by atoms with Crippen LogP contribution in [-0.4, -0.2) is 20.3 Å². The molecule has 1 atom stereocenters. The molecule has 22 heavy (non-hydrogen) atoms. The fraction of sp³-hybridized carbons (Fsp3) is 1.00. The van der Waals surface area contributed by atoms with Crippen LogP contribution in [0.4, 0.5) is 0 Å². The molecule has 0 radical (unpaired) electrons. The fourth-order valence-corrected chi connectivity index (χ4v) is 6.79. The Morgan fingerprint density at radius 2 is 1.32 bits per heavy atom. The monoisotopic (exact) mass is 346 g/mol. The van der Waals surface area contributed by atoms with Crippen LogP contribution in [0.3, 0.4) is 0 Å². The largest absolute Gasteiger partial charge is 0.258 e. The molecular formula is C19H38OS2. The summed E-state index contributed by atoms with van der Waals surface area (Å²) in [7, 11) is -0.615. The fourth-order valence-electron chi connectivity index (χ4n) is 3.52. The third kappa shape index (κ3) is 7.86. The highest BCUT2D eigenvalue weighted by atomic mass is 32.2. The summed E-state index contributed by atoms with van der Waals surface area (Å²) >= 11 is 1.88. The van der Waals surface area contributed by atoms with Gasteiger partial charge in [-0.05, 0) is 25.5 Å². The van der Waals surface area contributed by atoms with Gasteiger partial charge >= 0.3 is 0 Å². The normalized spacial score (nSPS) is 19.2. The van der Waals surface area contributed by atoms with Gasteiger partial charge in [-0.3, -0.25) is 4.21 Å². The zero-order valence-corrected chi connectivity index (χ0v) is 16.7. The van der Waals surface area contributed by atoms with Gasteiger partial charge in [-0.2, -0.15) is 0 Å². The molecule has 0 bridgehead atoms. The van der Waals surface area contributed by atoms with E-state index in [1.807, 2.05) is 11.8 Å². The minimum Gasteiger partial charge on any atom is -0.258 e. The molecule has 0 aromatic carbocycles. The summed E-state index contributed by atoms with van der Waals surface area (Å²) in [5, 5.41) is 0. The number of rotatable bonds is 13. The van der Waals surface area contributed by atoms with E-state index in [1.54, 1.807) is 0 Å². The maximum Gasteiger partial charge on any atom is 0.0905 e. The summed E-state index contributed by atoms with van der Waals surface area (Å²) in [4.78, 5) is 0. The van der Waals surface area contributed by atoms with Gasteiger partial charge in [-0.15, -0.1) is 11.8 Å². The SMILES string of the molecule is CCCCCCCCCCCCS(=O)C1(SC)CCCCC1. The Balaban J connectivity index is 2.00. The first-order chi connectivity index (χ1) is 10.7. The van der Waals surface area contributed by atoms with Crippen molar-refractivity contribution in [1.29, 1.82) is 0 Å². The summed E-state index contributed by atoms with van der Waals surface area (Å²) in [5.41, 5.74) is 0. The zero-order chi connectivity index (χ0) is 16.1. The molecule has 1 nitrogen and oxygen atoms in total. The maximum atomic E-state index is 12.7. The Bertz CT molecular complexity index is 285. The molecule has 0 spiro atoms. The molecule has 0 saturated heterocycles. The van der Waals surface area contributed by atoms with E-state index in [-0.39, 0.29) is 4.08 Å². The topological polar surface area (TPSA) is 17.1 Å². The zero-order valence-electron chi connectivity index (χ0n) is 15.0. The second-order valence-corrected chi connectivity index (χ2v) is 10.2. The van der Waals surface area contributed by atoms with E-state index in [9.17, 15) is 4.21 Å². The maximum absolute atomic E-state index is 12.7. The molecular weight excluding hydrogens is 308 g/mol. The molecule has 1 aliphatic carbocycles. The van der Waals surface area contributed by atoms with Crippen LogP contribution in [0.5, 0.6) is 0 Å². The molecule has 0 heterocycles. The molecule has 1 aliphatic rings. The van der Waals surface area contributed by atoms with Crippen molar-refractivity contribution in [2.24, 2.45) is 0 Å². The molecule has 0 aliphatic heterocycles. The third-order valence-electron chi connectivity index (χ3n) is 5.09. The van der Waals surface area contributed by atoms with Gasteiger partial charge in [-0.1, -0.05) is 84.0 Å². The van der Waals surface area contributed by atoms with E-state index in [1.165, 1.54) is 96.3 Å². The van der Waals surface area contributed by atoms with Crippen molar-refractivity contribution in [2.45, 2.75) is 107 Å². The Labute approximate surface area is 146 Å². The smallest absolute Gasteiger partial charge is 0.0905 e. The van der Waals surface area contributed by atoms with E-state index < -0.39 is 10.8 Å². The van der Waals surface area contributed by atoms with Crippen molar-refractivity contribution in [2.75, 3.05) is 12.0 Å². The highest BCUT2D eigenvalue weighted by Crippen LogP contribution is 2.41. The van der Waals surface area contributed by atoms with Crippen molar-refractivity contribution in [3.8, 4) is 0 Å². The lowest BCUT2D eigenvalue weighted by Gasteiger charge is -2.34. The van der Waals surface area contributed by atoms with Crippen molar-refractivity contribution in [1.82, 2.24) is 0 Å². The van der Waals surface area contributed by atoms with E-state index >= 15 is 0 Å². The average molecular weight is 347 g/mol. The van der Waals surface area contributed by atoms with E-state index in [0.717, 1.165) is 5.75 Å². The predicted octanol–water partition coefficient (Wildman–Crippen LogP) is 6.68. The van der Waals surface area contributed by atoms with Gasteiger partial charge < -0.3 is 0 Å². The minimum absolute atomic E-state index is 0.109. The first-order valence-electron chi connectivity index (χ1n) is 9.69. The Kier molecular flexibility index (Phi) is 12.0. The second-order valence-electron chi connectivity index (χ2n) is 6.91. The van der Waals surface area contributed by atoms with Gasteiger partial charge in [0, 0.05) is 16.6 Å². The van der Waals surface area contributed by atoms with Crippen LogP contribution in [0.1, 0.15) is 103 Å². The van der Waals surface area contributed by atoms with Crippen LogP contribution in [0.2, 0.25) is 0 Å². The summed E-state index contributed by atoms with van der Waals surface area (Å²) in [6, 6.07) is 0. The van der Waals surface area contributed by atoms with Crippen molar-refractivity contribution in [3.05, 3.63) is 0 Å². The molecule has 0 aromatic rings. The van der Waals surface area contributed by atoms with Crippen LogP contribution in [-0.2, 0) is 10.8 Å². The number of hydrogen-bond acceptors (Lipinski definition) is 2. The van der Waals surface area contributed by atoms with Gasteiger partial charge in [0.15, 0.2) is 0 Å². The number of thioether (sulfide) groups is 1. The lowest BCUT2D eigenvalue weighted by molar-refractivity contribution is 0.479. The Morgan fingerprint density at radius 1 is 0.818 bits per heavy atom. The van der Waals surface area contributed by atoms with E-state index in [4.69, 9.17) is 0 Å². The lowest BCUT2D eigenvalue weighted by Crippen LogP contribution is -2.34. The van der Waals surface area contributed by atoms with E-state index in [2.05, 4.69) is 13.2 Å². The standard InChI is InChI=1S/C19H38OS2/c1-3-4-5-6-7-8-9-10-11-15-18-22(20)19(21-2)16-13-12-14-17-19/h3-18H2,1-2H3. The van der Waals surface area contributed by atoms with Crippen LogP contribution < -0.4 is 0 Å². The molecule has 1 unspecified atom stereocenters. The summed E-state index contributed by atoms with van der Waals surface area (Å²) in [5.74, 6) is 0.942. The molecule has 0 aromatic heterocycles. The molecule has 1 rings (SSSR count). The predicted molar refractivity (Wildman–Crippen MR) is 104 cm³/mol. The summed E-state index contributed by atoms with van der Waals surface area (Å²) in [6.07, 6.45) is 22.0. The van der Waals surface area contributed by atoms with Crippen LogP contribution in [0, 0.1) is 0 Å². The minimum atomic E-state index is -0.615. The number of unbranched alkanes of at least 4 members (excludes halogenated alkanes) is 9. The third-order valence-corrected chi connectivity index (χ3v) is 9.19. The lowest BCUT2D eigenvalue weighted by atomic mass is 10.00. The average Bonchev–Trinajstić information content (AvgIpc) is 2.57. The van der Waals surface area contributed by atoms with Crippen molar-refractivity contribution in [3.63, 3.8) is 0 Å². The highest BCUT2D eigenvalue weighted by molar-refractivity contribution is 8.12. The first-order valence-corrected chi connectivity index (χ1v) is 12.2. The molecule has 3 heteroatoms. The second kappa shape index (κ2) is 12.9. The van der Waals surface area contributed by atoms with Crippen molar-refractivity contribution >= 4 is 22.6 Å². The first kappa shape index (κ1) is 20.5. The summed E-state index contributed by atoms with van der Waals surface area (Å²) in [6.45, 7) is 2.28. The van der Waals surface area contributed by atoms with E-state index in [0.29, 0.717) is 0 Å².